The van der Waals surface area contributed by atoms with Crippen molar-refractivity contribution in [3.8, 4) is 0 Å². The maximum Gasteiger partial charge on any atom is 0.338 e. The molecule has 4 heterocycles. The molecule has 1 aromatic carbocycles. The van der Waals surface area contributed by atoms with E-state index in [1.807, 2.05) is 41.8 Å². The lowest BCUT2D eigenvalue weighted by Crippen LogP contribution is -2.41. The highest BCUT2D eigenvalue weighted by Gasteiger charge is 2.37. The maximum atomic E-state index is 14.0. The molecule has 5 rings (SSSR count). The number of hydrogen-bond acceptors (Lipinski definition) is 7. The van der Waals surface area contributed by atoms with Crippen molar-refractivity contribution >= 4 is 45.8 Å². The molecule has 9 heteroatoms. The number of rotatable bonds is 6. The Hall–Kier alpha value is -3.30. The van der Waals surface area contributed by atoms with Crippen molar-refractivity contribution in [1.29, 1.82) is 0 Å². The van der Waals surface area contributed by atoms with Crippen LogP contribution in [0.25, 0.3) is 5.57 Å². The minimum absolute atomic E-state index is 0.169. The van der Waals surface area contributed by atoms with Gasteiger partial charge in [0.25, 0.3) is 11.5 Å². The number of ether oxygens (including phenoxy) is 1. The first-order chi connectivity index (χ1) is 17.3. The van der Waals surface area contributed by atoms with Gasteiger partial charge in [-0.1, -0.05) is 48.9 Å². The Bertz CT molecular complexity index is 1560. The summed E-state index contributed by atoms with van der Waals surface area (Å²) in [7, 11) is 0. The summed E-state index contributed by atoms with van der Waals surface area (Å²) in [5.74, 6) is -0.659. The maximum absolute atomic E-state index is 14.0. The molecule has 0 saturated heterocycles. The van der Waals surface area contributed by atoms with Crippen molar-refractivity contribution < 1.29 is 14.3 Å². The Kier molecular flexibility index (Phi) is 6.53. The van der Waals surface area contributed by atoms with E-state index in [-0.39, 0.29) is 17.6 Å². The van der Waals surface area contributed by atoms with Gasteiger partial charge in [-0.05, 0) is 44.7 Å². The number of allylic oxidation sites excluding steroid dienone is 1. The Morgan fingerprint density at radius 2 is 1.94 bits per heavy atom. The molecular weight excluding hydrogens is 494 g/mol. The lowest BCUT2D eigenvalue weighted by molar-refractivity contribution is -0.143. The molecule has 0 bridgehead atoms. The topological polar surface area (TPSA) is 81.0 Å². The standard InChI is InChI=1S/C27H27N3O4S2/c1-5-6-13-29-18-11-8-7-10-17(18)21(24(29)31)23-25(32)30-22(19-12-9-14-35-19)20(26(33)34-15(2)3)16(4)28-27(30)36-23/h7-12,14-15,22H,5-6,13H2,1-4H3/b23-21-. The largest absolute Gasteiger partial charge is 0.459 e. The molecule has 1 amide bonds. The average Bonchev–Trinajstić information content (AvgIpc) is 3.54. The van der Waals surface area contributed by atoms with Gasteiger partial charge in [-0.3, -0.25) is 14.2 Å². The van der Waals surface area contributed by atoms with Crippen molar-refractivity contribution in [2.75, 3.05) is 11.4 Å². The summed E-state index contributed by atoms with van der Waals surface area (Å²) in [6, 6.07) is 10.7. The van der Waals surface area contributed by atoms with Gasteiger partial charge in [0.2, 0.25) is 0 Å². The fraction of sp³-hybridized carbons (Fsp3) is 0.333. The van der Waals surface area contributed by atoms with Gasteiger partial charge in [0.15, 0.2) is 4.80 Å². The third-order valence-electron chi connectivity index (χ3n) is 6.26. The molecule has 1 atom stereocenters. The van der Waals surface area contributed by atoms with Crippen LogP contribution >= 0.6 is 22.7 Å². The SMILES string of the molecule is CCCCN1C(=O)/C(=c2\sc3n(c2=O)C(c2cccs2)C(C(=O)OC(C)C)=C(C)N=3)c2ccccc21. The normalized spacial score (nSPS) is 18.4. The van der Waals surface area contributed by atoms with E-state index in [4.69, 9.17) is 4.74 Å². The molecule has 1 unspecified atom stereocenters. The number of aromatic nitrogens is 1. The number of para-hydroxylation sites is 1. The van der Waals surface area contributed by atoms with Crippen molar-refractivity contribution in [2.45, 2.75) is 52.7 Å². The van der Waals surface area contributed by atoms with E-state index in [1.165, 1.54) is 22.7 Å². The van der Waals surface area contributed by atoms with Gasteiger partial charge in [-0.15, -0.1) is 11.3 Å². The van der Waals surface area contributed by atoms with Crippen LogP contribution < -0.4 is 19.8 Å². The van der Waals surface area contributed by atoms with Crippen molar-refractivity contribution in [2.24, 2.45) is 4.99 Å². The van der Waals surface area contributed by atoms with Crippen molar-refractivity contribution in [3.63, 3.8) is 0 Å². The van der Waals surface area contributed by atoms with Crippen LogP contribution in [0, 0.1) is 0 Å². The molecule has 2 aliphatic rings. The minimum Gasteiger partial charge on any atom is -0.459 e. The average molecular weight is 522 g/mol. The zero-order valence-corrected chi connectivity index (χ0v) is 22.2. The summed E-state index contributed by atoms with van der Waals surface area (Å²) in [5, 5.41) is 1.91. The molecule has 2 aromatic heterocycles. The van der Waals surface area contributed by atoms with Gasteiger partial charge >= 0.3 is 5.97 Å². The molecule has 3 aromatic rings. The van der Waals surface area contributed by atoms with Crippen LogP contribution in [0.1, 0.15) is 57.0 Å². The van der Waals surface area contributed by atoms with E-state index in [0.717, 1.165) is 29.0 Å². The number of carbonyl (C=O) groups excluding carboxylic acids is 2. The third kappa shape index (κ3) is 3.96. The van der Waals surface area contributed by atoms with Crippen molar-refractivity contribution in [1.82, 2.24) is 4.57 Å². The molecular formula is C27H27N3O4S2. The van der Waals surface area contributed by atoms with Crippen LogP contribution in [0.2, 0.25) is 0 Å². The molecule has 186 valence electrons. The fourth-order valence-corrected chi connectivity index (χ4v) is 6.62. The van der Waals surface area contributed by atoms with Gasteiger partial charge < -0.3 is 9.64 Å². The summed E-state index contributed by atoms with van der Waals surface area (Å²) in [4.78, 5) is 48.5. The first-order valence-electron chi connectivity index (χ1n) is 12.0. The Morgan fingerprint density at radius 3 is 2.64 bits per heavy atom. The van der Waals surface area contributed by atoms with E-state index in [0.29, 0.717) is 32.7 Å². The number of nitrogens with zero attached hydrogens (tertiary/aromatic N) is 3. The van der Waals surface area contributed by atoms with Gasteiger partial charge in [-0.25, -0.2) is 9.79 Å². The quantitative estimate of drug-likeness (QED) is 0.463. The third-order valence-corrected chi connectivity index (χ3v) is 8.24. The van der Waals surface area contributed by atoms with E-state index in [9.17, 15) is 14.4 Å². The second-order valence-corrected chi connectivity index (χ2v) is 11.0. The van der Waals surface area contributed by atoms with Crippen LogP contribution in [-0.2, 0) is 14.3 Å². The second-order valence-electron chi connectivity index (χ2n) is 9.07. The number of amides is 1. The number of anilines is 1. The molecule has 0 saturated carbocycles. The summed E-state index contributed by atoms with van der Waals surface area (Å²) in [6.45, 7) is 8.02. The smallest absolute Gasteiger partial charge is 0.338 e. The first kappa shape index (κ1) is 24.4. The van der Waals surface area contributed by atoms with Crippen molar-refractivity contribution in [3.05, 3.63) is 83.2 Å². The zero-order chi connectivity index (χ0) is 25.6. The zero-order valence-electron chi connectivity index (χ0n) is 20.6. The molecule has 0 aliphatic carbocycles. The summed E-state index contributed by atoms with van der Waals surface area (Å²) in [5.41, 5.74) is 2.52. The van der Waals surface area contributed by atoms with Crippen LogP contribution in [0.15, 0.2) is 62.8 Å². The molecule has 0 fully saturated rings. The molecule has 0 N–H and O–H groups in total. The number of hydrogen-bond donors (Lipinski definition) is 0. The number of esters is 1. The number of thiazole rings is 1. The molecule has 7 nitrogen and oxygen atoms in total. The van der Waals surface area contributed by atoms with Gasteiger partial charge in [0, 0.05) is 17.0 Å². The van der Waals surface area contributed by atoms with Crippen LogP contribution in [0.4, 0.5) is 5.69 Å². The molecule has 0 spiro atoms. The monoisotopic (exact) mass is 521 g/mol. The molecule has 0 radical (unpaired) electrons. The Balaban J connectivity index is 1.76. The summed E-state index contributed by atoms with van der Waals surface area (Å²) < 4.78 is 7.43. The fourth-order valence-electron chi connectivity index (χ4n) is 4.66. The lowest BCUT2D eigenvalue weighted by Gasteiger charge is -2.24. The number of benzene rings is 1. The van der Waals surface area contributed by atoms with Crippen LogP contribution in [0.3, 0.4) is 0 Å². The Morgan fingerprint density at radius 1 is 1.17 bits per heavy atom. The number of carbonyl (C=O) groups is 2. The predicted molar refractivity (Wildman–Crippen MR) is 142 cm³/mol. The molecule has 36 heavy (non-hydrogen) atoms. The van der Waals surface area contributed by atoms with E-state index < -0.39 is 12.0 Å². The van der Waals surface area contributed by atoms with Crippen LogP contribution in [-0.4, -0.2) is 29.1 Å². The lowest BCUT2D eigenvalue weighted by atomic mass is 10.0. The van der Waals surface area contributed by atoms with Crippen LogP contribution in [0.5, 0.6) is 0 Å². The minimum atomic E-state index is -0.662. The summed E-state index contributed by atoms with van der Waals surface area (Å²) in [6.07, 6.45) is 1.52. The highest BCUT2D eigenvalue weighted by molar-refractivity contribution is 7.10. The van der Waals surface area contributed by atoms with Gasteiger partial charge in [0.1, 0.15) is 10.6 Å². The number of fused-ring (bicyclic) bond motifs is 2. The van der Waals surface area contributed by atoms with E-state index in [2.05, 4.69) is 11.9 Å². The number of thiophene rings is 1. The summed E-state index contributed by atoms with van der Waals surface area (Å²) >= 11 is 2.67. The van der Waals surface area contributed by atoms with Gasteiger partial charge in [0.05, 0.1) is 28.6 Å². The van der Waals surface area contributed by atoms with E-state index >= 15 is 0 Å². The number of unbranched alkanes of at least 4 members (excludes halogenated alkanes) is 1. The highest BCUT2D eigenvalue weighted by Crippen LogP contribution is 2.36. The first-order valence-corrected chi connectivity index (χ1v) is 13.7. The highest BCUT2D eigenvalue weighted by atomic mass is 32.1. The second kappa shape index (κ2) is 9.63. The van der Waals surface area contributed by atoms with E-state index in [1.54, 1.807) is 30.2 Å². The van der Waals surface area contributed by atoms with Gasteiger partial charge in [-0.2, -0.15) is 0 Å². The predicted octanol–water partition coefficient (Wildman–Crippen LogP) is 3.77. The Labute approximate surface area is 216 Å². The molecule has 2 aliphatic heterocycles.